The zero-order chi connectivity index (χ0) is 19.7. The molecule has 0 fully saturated rings. The van der Waals surface area contributed by atoms with Gasteiger partial charge in [-0.15, -0.1) is 0 Å². The lowest BCUT2D eigenvalue weighted by Crippen LogP contribution is -2.27. The Morgan fingerprint density at radius 1 is 1.14 bits per heavy atom. The lowest BCUT2D eigenvalue weighted by Gasteiger charge is -2.07. The van der Waals surface area contributed by atoms with Crippen molar-refractivity contribution in [3.05, 3.63) is 65.4 Å². The van der Waals surface area contributed by atoms with Gasteiger partial charge in [0.2, 0.25) is 10.0 Å². The first-order valence-electron chi connectivity index (χ1n) is 8.48. The summed E-state index contributed by atoms with van der Waals surface area (Å²) in [6.07, 6.45) is 3.46. The molecular formula is C18H17N5O4S. The topological polar surface area (TPSA) is 112 Å². The van der Waals surface area contributed by atoms with E-state index in [1.54, 1.807) is 17.1 Å². The predicted octanol–water partition coefficient (Wildman–Crippen LogP) is 1.37. The number of fused-ring (bicyclic) bond motifs is 1. The van der Waals surface area contributed by atoms with E-state index in [1.165, 1.54) is 29.8 Å². The summed E-state index contributed by atoms with van der Waals surface area (Å²) < 4.78 is 35.6. The summed E-state index contributed by atoms with van der Waals surface area (Å²) >= 11 is 0. The molecule has 4 aromatic rings. The Kier molecular flexibility index (Phi) is 4.57. The predicted molar refractivity (Wildman–Crippen MR) is 102 cm³/mol. The average molecular weight is 399 g/mol. The molecule has 0 aliphatic carbocycles. The largest absolute Gasteiger partial charge is 0.419 e. The summed E-state index contributed by atoms with van der Waals surface area (Å²) in [7, 11) is -2.21. The molecule has 10 heteroatoms. The summed E-state index contributed by atoms with van der Waals surface area (Å²) in [5.74, 6) is -0.542. The summed E-state index contributed by atoms with van der Waals surface area (Å²) in [5.41, 5.74) is 2.22. The fourth-order valence-electron chi connectivity index (χ4n) is 2.79. The number of nitrogens with one attached hydrogen (secondary N) is 1. The zero-order valence-electron chi connectivity index (χ0n) is 14.9. The summed E-state index contributed by atoms with van der Waals surface area (Å²) in [4.78, 5) is 15.8. The highest BCUT2D eigenvalue weighted by atomic mass is 32.2. The molecule has 3 aromatic heterocycles. The van der Waals surface area contributed by atoms with E-state index in [1.807, 2.05) is 24.3 Å². The second-order valence-corrected chi connectivity index (χ2v) is 7.90. The highest BCUT2D eigenvalue weighted by Crippen LogP contribution is 2.18. The quantitative estimate of drug-likeness (QED) is 0.524. The van der Waals surface area contributed by atoms with Gasteiger partial charge in [-0.05, 0) is 36.4 Å². The molecular weight excluding hydrogens is 382 g/mol. The highest BCUT2D eigenvalue weighted by Gasteiger charge is 2.16. The van der Waals surface area contributed by atoms with E-state index in [2.05, 4.69) is 14.8 Å². The molecule has 0 aliphatic rings. The second-order valence-electron chi connectivity index (χ2n) is 6.13. The minimum absolute atomic E-state index is 0.0611. The van der Waals surface area contributed by atoms with E-state index in [9.17, 15) is 13.2 Å². The Hall–Kier alpha value is -3.24. The van der Waals surface area contributed by atoms with Crippen LogP contribution in [-0.2, 0) is 23.6 Å². The van der Waals surface area contributed by atoms with Gasteiger partial charge in [-0.25, -0.2) is 17.9 Å². The first kappa shape index (κ1) is 18.1. The van der Waals surface area contributed by atoms with Crippen molar-refractivity contribution in [2.24, 2.45) is 7.05 Å². The van der Waals surface area contributed by atoms with E-state index in [0.29, 0.717) is 17.6 Å². The van der Waals surface area contributed by atoms with Crippen LogP contribution >= 0.6 is 0 Å². The molecule has 3 heterocycles. The lowest BCUT2D eigenvalue weighted by molar-refractivity contribution is 0.528. The van der Waals surface area contributed by atoms with Crippen LogP contribution in [0.1, 0.15) is 0 Å². The molecule has 0 bridgehead atoms. The van der Waals surface area contributed by atoms with Crippen LogP contribution in [0.15, 0.2) is 69.0 Å². The SMILES string of the molecule is Cn1c(=O)oc2ccc(S(=O)(=O)NCCn3ccc(-c4ccccn4)n3)cc21. The molecule has 1 aromatic carbocycles. The Bertz CT molecular complexity index is 1290. The third kappa shape index (κ3) is 3.47. The number of sulfonamides is 1. The van der Waals surface area contributed by atoms with Crippen molar-refractivity contribution in [3.8, 4) is 11.4 Å². The molecule has 0 unspecified atom stereocenters. The van der Waals surface area contributed by atoms with E-state index in [0.717, 1.165) is 11.4 Å². The summed E-state index contributed by atoms with van der Waals surface area (Å²) in [6.45, 7) is 0.520. The number of benzene rings is 1. The minimum Gasteiger partial charge on any atom is -0.408 e. The Morgan fingerprint density at radius 3 is 2.79 bits per heavy atom. The van der Waals surface area contributed by atoms with Crippen LogP contribution in [0.2, 0.25) is 0 Å². The molecule has 0 radical (unpaired) electrons. The average Bonchev–Trinajstić information content (AvgIpc) is 3.27. The van der Waals surface area contributed by atoms with Gasteiger partial charge >= 0.3 is 5.76 Å². The van der Waals surface area contributed by atoms with Gasteiger partial charge in [0.1, 0.15) is 5.69 Å². The molecule has 0 saturated heterocycles. The molecule has 144 valence electrons. The Labute approximate surface area is 160 Å². The number of aryl methyl sites for hydroxylation is 1. The van der Waals surface area contributed by atoms with E-state index >= 15 is 0 Å². The van der Waals surface area contributed by atoms with Crippen LogP contribution in [0.25, 0.3) is 22.5 Å². The monoisotopic (exact) mass is 399 g/mol. The number of oxazole rings is 1. The third-order valence-corrected chi connectivity index (χ3v) is 5.73. The smallest absolute Gasteiger partial charge is 0.408 e. The first-order valence-corrected chi connectivity index (χ1v) is 9.96. The molecule has 9 nitrogen and oxygen atoms in total. The lowest BCUT2D eigenvalue weighted by atomic mass is 10.3. The van der Waals surface area contributed by atoms with Crippen molar-refractivity contribution >= 4 is 21.1 Å². The van der Waals surface area contributed by atoms with Crippen molar-refractivity contribution in [2.75, 3.05) is 6.54 Å². The van der Waals surface area contributed by atoms with Crippen LogP contribution in [0.4, 0.5) is 0 Å². The number of nitrogens with zero attached hydrogens (tertiary/aromatic N) is 4. The second kappa shape index (κ2) is 7.06. The molecule has 0 atom stereocenters. The fraction of sp³-hybridized carbons (Fsp3) is 0.167. The van der Waals surface area contributed by atoms with Crippen LogP contribution in [0.3, 0.4) is 0 Å². The molecule has 28 heavy (non-hydrogen) atoms. The van der Waals surface area contributed by atoms with Crippen LogP contribution in [0.5, 0.6) is 0 Å². The standard InChI is InChI=1S/C18H17N5O4S/c1-22-16-12-13(5-6-17(16)27-18(22)24)28(25,26)20-9-11-23-10-7-15(21-23)14-4-2-3-8-19-14/h2-8,10,12,20H,9,11H2,1H3. The van der Waals surface area contributed by atoms with Crippen molar-refractivity contribution < 1.29 is 12.8 Å². The van der Waals surface area contributed by atoms with Gasteiger partial charge in [0.25, 0.3) is 0 Å². The van der Waals surface area contributed by atoms with Gasteiger partial charge in [-0.3, -0.25) is 14.2 Å². The molecule has 0 amide bonds. The number of pyridine rings is 1. The summed E-state index contributed by atoms with van der Waals surface area (Å²) in [5, 5.41) is 4.40. The zero-order valence-corrected chi connectivity index (χ0v) is 15.8. The maximum atomic E-state index is 12.5. The van der Waals surface area contributed by atoms with Gasteiger partial charge in [0.05, 0.1) is 22.7 Å². The Morgan fingerprint density at radius 2 is 2.00 bits per heavy atom. The van der Waals surface area contributed by atoms with Gasteiger partial charge in [-0.1, -0.05) is 6.07 Å². The molecule has 0 aliphatic heterocycles. The third-order valence-electron chi connectivity index (χ3n) is 4.27. The molecule has 0 saturated carbocycles. The van der Waals surface area contributed by atoms with Crippen molar-refractivity contribution in [3.63, 3.8) is 0 Å². The van der Waals surface area contributed by atoms with E-state index in [-0.39, 0.29) is 11.4 Å². The number of rotatable bonds is 6. The maximum Gasteiger partial charge on any atom is 0.419 e. The van der Waals surface area contributed by atoms with Crippen LogP contribution in [0, 0.1) is 0 Å². The van der Waals surface area contributed by atoms with Crippen LogP contribution < -0.4 is 10.5 Å². The maximum absolute atomic E-state index is 12.5. The number of aromatic nitrogens is 4. The first-order chi connectivity index (χ1) is 13.4. The van der Waals surface area contributed by atoms with Gasteiger partial charge < -0.3 is 4.42 Å². The highest BCUT2D eigenvalue weighted by molar-refractivity contribution is 7.89. The van der Waals surface area contributed by atoms with Gasteiger partial charge in [-0.2, -0.15) is 5.10 Å². The van der Waals surface area contributed by atoms with Gasteiger partial charge in [0, 0.05) is 26.0 Å². The molecule has 1 N–H and O–H groups in total. The Balaban J connectivity index is 1.45. The molecule has 0 spiro atoms. The minimum atomic E-state index is -3.74. The fourth-order valence-corrected chi connectivity index (χ4v) is 3.83. The molecule has 4 rings (SSSR count). The number of hydrogen-bond acceptors (Lipinski definition) is 6. The van der Waals surface area contributed by atoms with Crippen molar-refractivity contribution in [1.29, 1.82) is 0 Å². The number of hydrogen-bond donors (Lipinski definition) is 1. The van der Waals surface area contributed by atoms with E-state index in [4.69, 9.17) is 4.42 Å². The normalized spacial score (nSPS) is 11.9. The van der Waals surface area contributed by atoms with Crippen molar-refractivity contribution in [2.45, 2.75) is 11.4 Å². The van der Waals surface area contributed by atoms with Gasteiger partial charge in [0.15, 0.2) is 5.58 Å². The van der Waals surface area contributed by atoms with Crippen molar-refractivity contribution in [1.82, 2.24) is 24.1 Å². The van der Waals surface area contributed by atoms with Crippen LogP contribution in [-0.4, -0.2) is 34.3 Å². The van der Waals surface area contributed by atoms with E-state index < -0.39 is 15.8 Å². The summed E-state index contributed by atoms with van der Waals surface area (Å²) in [6, 6.07) is 11.7.